The molecule has 4 N–H and O–H groups in total. The maximum Gasteiger partial charge on any atom is 0.414 e. The fourth-order valence-corrected chi connectivity index (χ4v) is 5.15. The first-order valence-corrected chi connectivity index (χ1v) is 13.0. The van der Waals surface area contributed by atoms with Gasteiger partial charge in [-0.15, -0.1) is 11.3 Å². The summed E-state index contributed by atoms with van der Waals surface area (Å²) in [6.07, 6.45) is 2.05. The quantitative estimate of drug-likeness (QED) is 0.463. The number of rotatable bonds is 9. The molecule has 0 spiro atoms. The van der Waals surface area contributed by atoms with Gasteiger partial charge >= 0.3 is 6.09 Å². The second kappa shape index (κ2) is 11.3. The zero-order valence-corrected chi connectivity index (χ0v) is 21.2. The highest BCUT2D eigenvalue weighted by atomic mass is 35.5. The van der Waals surface area contributed by atoms with Gasteiger partial charge in [-0.2, -0.15) is 0 Å². The number of thiophene rings is 1. The molecule has 11 heteroatoms. The molecule has 0 bridgehead atoms. The second-order valence-corrected chi connectivity index (χ2v) is 10.5. The van der Waals surface area contributed by atoms with Gasteiger partial charge in [0.25, 0.3) is 5.91 Å². The molecule has 0 radical (unpaired) electrons. The minimum absolute atomic E-state index is 0.0630. The minimum atomic E-state index is -0.499. The molecule has 188 valence electrons. The number of cyclic esters (lactones) is 1. The summed E-state index contributed by atoms with van der Waals surface area (Å²) in [6, 6.07) is 8.96. The molecule has 1 aromatic carbocycles. The van der Waals surface area contributed by atoms with E-state index in [0.29, 0.717) is 33.6 Å². The molecule has 2 fully saturated rings. The Morgan fingerprint density at radius 2 is 2.09 bits per heavy atom. The molecular weight excluding hydrogens is 490 g/mol. The average Bonchev–Trinajstić information content (AvgIpc) is 3.56. The third-order valence-electron chi connectivity index (χ3n) is 6.05. The number of nitrogens with one attached hydrogen (secondary N) is 2. The molecule has 35 heavy (non-hydrogen) atoms. The first-order chi connectivity index (χ1) is 16.8. The molecule has 0 saturated carbocycles. The summed E-state index contributed by atoms with van der Waals surface area (Å²) in [5.41, 5.74) is 8.25. The SMILES string of the molecule is CCCCC(=O)Nc1cc(N2CC(CNC(=O)c3ccc(Cl)s3)OC2=O)ccc1N1CCC(N)C1. The van der Waals surface area contributed by atoms with E-state index < -0.39 is 12.2 Å². The van der Waals surface area contributed by atoms with Crippen molar-refractivity contribution in [1.29, 1.82) is 0 Å². The topological polar surface area (TPSA) is 117 Å². The molecule has 2 unspecified atom stereocenters. The Labute approximate surface area is 213 Å². The van der Waals surface area contributed by atoms with Crippen LogP contribution in [-0.2, 0) is 9.53 Å². The number of anilines is 3. The van der Waals surface area contributed by atoms with Gasteiger partial charge in [0.1, 0.15) is 6.10 Å². The van der Waals surface area contributed by atoms with Crippen molar-refractivity contribution in [2.45, 2.75) is 44.8 Å². The molecule has 9 nitrogen and oxygen atoms in total. The Kier molecular flexibility index (Phi) is 8.15. The molecule has 4 rings (SSSR count). The number of nitrogens with two attached hydrogens (primary N) is 1. The first-order valence-electron chi connectivity index (χ1n) is 11.8. The maximum atomic E-state index is 12.6. The fraction of sp³-hybridized carbons (Fsp3) is 0.458. The van der Waals surface area contributed by atoms with E-state index in [1.54, 1.807) is 18.2 Å². The molecule has 3 heterocycles. The Bertz CT molecular complexity index is 1090. The number of hydrogen-bond donors (Lipinski definition) is 3. The summed E-state index contributed by atoms with van der Waals surface area (Å²) in [5, 5.41) is 5.81. The molecule has 2 aliphatic rings. The van der Waals surface area contributed by atoms with Crippen LogP contribution >= 0.6 is 22.9 Å². The molecule has 2 aliphatic heterocycles. The maximum absolute atomic E-state index is 12.6. The number of carbonyl (C=O) groups excluding carboxylic acids is 3. The molecule has 1 aromatic heterocycles. The number of ether oxygens (including phenoxy) is 1. The van der Waals surface area contributed by atoms with Crippen molar-refractivity contribution in [3.8, 4) is 0 Å². The third kappa shape index (κ3) is 6.25. The number of carbonyl (C=O) groups is 3. The molecule has 2 aromatic rings. The second-order valence-electron chi connectivity index (χ2n) is 8.78. The monoisotopic (exact) mass is 519 g/mol. The van der Waals surface area contributed by atoms with Crippen molar-refractivity contribution in [2.24, 2.45) is 5.73 Å². The smallest absolute Gasteiger partial charge is 0.414 e. The van der Waals surface area contributed by atoms with Crippen molar-refractivity contribution in [3.05, 3.63) is 39.5 Å². The van der Waals surface area contributed by atoms with E-state index in [0.717, 1.165) is 31.5 Å². The van der Waals surface area contributed by atoms with Crippen LogP contribution in [0.25, 0.3) is 0 Å². The number of amides is 3. The van der Waals surface area contributed by atoms with Gasteiger partial charge in [-0.1, -0.05) is 24.9 Å². The Hall–Kier alpha value is -2.82. The van der Waals surface area contributed by atoms with E-state index >= 15 is 0 Å². The van der Waals surface area contributed by atoms with Crippen LogP contribution in [0.15, 0.2) is 30.3 Å². The van der Waals surface area contributed by atoms with E-state index in [4.69, 9.17) is 22.1 Å². The summed E-state index contributed by atoms with van der Waals surface area (Å²) in [4.78, 5) is 41.6. The van der Waals surface area contributed by atoms with E-state index in [-0.39, 0.29) is 30.9 Å². The van der Waals surface area contributed by atoms with E-state index in [9.17, 15) is 14.4 Å². The predicted octanol–water partition coefficient (Wildman–Crippen LogP) is 3.82. The van der Waals surface area contributed by atoms with Crippen molar-refractivity contribution >= 4 is 57.9 Å². The van der Waals surface area contributed by atoms with Crippen molar-refractivity contribution in [1.82, 2.24) is 5.32 Å². The van der Waals surface area contributed by atoms with Crippen LogP contribution in [0.2, 0.25) is 4.34 Å². The summed E-state index contributed by atoms with van der Waals surface area (Å²) in [6.45, 7) is 4.02. The number of nitrogens with zero attached hydrogens (tertiary/aromatic N) is 2. The average molecular weight is 520 g/mol. The highest BCUT2D eigenvalue weighted by molar-refractivity contribution is 7.18. The largest absolute Gasteiger partial charge is 0.442 e. The van der Waals surface area contributed by atoms with Gasteiger partial charge in [0.05, 0.1) is 33.7 Å². The number of hydrogen-bond acceptors (Lipinski definition) is 7. The van der Waals surface area contributed by atoms with Gasteiger partial charge in [-0.3, -0.25) is 14.5 Å². The Morgan fingerprint density at radius 3 is 2.77 bits per heavy atom. The summed E-state index contributed by atoms with van der Waals surface area (Å²) in [7, 11) is 0. The lowest BCUT2D eigenvalue weighted by Gasteiger charge is -2.24. The lowest BCUT2D eigenvalue weighted by molar-refractivity contribution is -0.116. The molecular formula is C24H30ClN5O4S. The summed E-state index contributed by atoms with van der Waals surface area (Å²) < 4.78 is 6.01. The predicted molar refractivity (Wildman–Crippen MR) is 139 cm³/mol. The normalized spacial score (nSPS) is 19.7. The van der Waals surface area contributed by atoms with Gasteiger partial charge in [0, 0.05) is 31.2 Å². The van der Waals surface area contributed by atoms with Crippen LogP contribution in [0.1, 0.15) is 42.3 Å². The lowest BCUT2D eigenvalue weighted by atomic mass is 10.2. The van der Waals surface area contributed by atoms with Crippen LogP contribution in [0.5, 0.6) is 0 Å². The standard InChI is InChI=1S/C24H30ClN5O4S/c1-2-3-4-22(31)28-18-11-16(5-6-19(18)29-10-9-15(26)13-29)30-14-17(34-24(30)33)12-27-23(32)20-7-8-21(25)35-20/h5-8,11,15,17H,2-4,9-10,12-14,26H2,1H3,(H,27,32)(H,28,31). The van der Waals surface area contributed by atoms with Gasteiger partial charge in [-0.05, 0) is 43.2 Å². The zero-order valence-electron chi connectivity index (χ0n) is 19.6. The van der Waals surface area contributed by atoms with E-state index in [2.05, 4.69) is 15.5 Å². The van der Waals surface area contributed by atoms with E-state index in [1.807, 2.05) is 19.1 Å². The highest BCUT2D eigenvalue weighted by Crippen LogP contribution is 2.34. The number of unbranched alkanes of at least 4 members (excludes halogenated alkanes) is 1. The summed E-state index contributed by atoms with van der Waals surface area (Å²) >= 11 is 7.08. The van der Waals surface area contributed by atoms with Crippen LogP contribution in [0, 0.1) is 0 Å². The molecule has 2 atom stereocenters. The van der Waals surface area contributed by atoms with Gasteiger partial charge in [0.15, 0.2) is 0 Å². The van der Waals surface area contributed by atoms with E-state index in [1.165, 1.54) is 16.2 Å². The fourth-order valence-electron chi connectivity index (χ4n) is 4.19. The summed E-state index contributed by atoms with van der Waals surface area (Å²) in [5.74, 6) is -0.325. The van der Waals surface area contributed by atoms with Crippen LogP contribution in [0.3, 0.4) is 0 Å². The molecule has 0 aliphatic carbocycles. The minimum Gasteiger partial charge on any atom is -0.442 e. The molecule has 2 saturated heterocycles. The Balaban J connectivity index is 1.45. The molecule has 3 amide bonds. The van der Waals surface area contributed by atoms with Crippen molar-refractivity contribution in [2.75, 3.05) is 41.3 Å². The Morgan fingerprint density at radius 1 is 1.26 bits per heavy atom. The van der Waals surface area contributed by atoms with Gasteiger partial charge in [0.2, 0.25) is 5.91 Å². The van der Waals surface area contributed by atoms with Crippen LogP contribution in [-0.4, -0.2) is 56.2 Å². The van der Waals surface area contributed by atoms with Crippen LogP contribution < -0.4 is 26.2 Å². The first kappa shape index (κ1) is 25.3. The van der Waals surface area contributed by atoms with Crippen molar-refractivity contribution in [3.63, 3.8) is 0 Å². The van der Waals surface area contributed by atoms with Gasteiger partial charge < -0.3 is 26.0 Å². The highest BCUT2D eigenvalue weighted by Gasteiger charge is 2.33. The third-order valence-corrected chi connectivity index (χ3v) is 7.28. The van der Waals surface area contributed by atoms with Gasteiger partial charge in [-0.25, -0.2) is 4.79 Å². The van der Waals surface area contributed by atoms with Crippen LogP contribution in [0.4, 0.5) is 21.9 Å². The zero-order chi connectivity index (χ0) is 24.9. The number of halogens is 1. The lowest BCUT2D eigenvalue weighted by Crippen LogP contribution is -2.34. The number of benzene rings is 1. The van der Waals surface area contributed by atoms with Crippen molar-refractivity contribution < 1.29 is 19.1 Å².